The molecule has 2 heterocycles. The quantitative estimate of drug-likeness (QED) is 0.641. The van der Waals surface area contributed by atoms with Crippen LogP contribution < -0.4 is 0 Å². The van der Waals surface area contributed by atoms with Crippen molar-refractivity contribution in [2.45, 2.75) is 57.3 Å². The van der Waals surface area contributed by atoms with Crippen molar-refractivity contribution >= 4 is 17.1 Å². The Kier molecular flexibility index (Phi) is 5.40. The molecule has 1 aliphatic carbocycles. The van der Waals surface area contributed by atoms with Gasteiger partial charge in [-0.3, -0.25) is 4.99 Å². The molecule has 0 bridgehead atoms. The molecule has 1 aromatic heterocycles. The fraction of sp³-hybridized carbons (Fsp3) is 0.478. The van der Waals surface area contributed by atoms with E-state index < -0.39 is 25.6 Å². The average Bonchev–Trinajstić information content (AvgIpc) is 3.01. The number of aliphatic imine (C=N–C) groups is 1. The van der Waals surface area contributed by atoms with Crippen LogP contribution in [-0.2, 0) is 0 Å². The number of benzene rings is 1. The molecular weight excluding hydrogens is 370 g/mol. The van der Waals surface area contributed by atoms with Crippen LogP contribution in [0.5, 0.6) is 0 Å². The van der Waals surface area contributed by atoms with Gasteiger partial charge in [0.15, 0.2) is 6.17 Å². The van der Waals surface area contributed by atoms with E-state index in [1.165, 1.54) is 5.56 Å². The van der Waals surface area contributed by atoms with Crippen molar-refractivity contribution in [2.75, 3.05) is 13.3 Å². The lowest BCUT2D eigenvalue weighted by Crippen LogP contribution is -2.39. The molecule has 2 aromatic rings. The van der Waals surface area contributed by atoms with Crippen molar-refractivity contribution < 1.29 is 8.78 Å². The lowest BCUT2D eigenvalue weighted by Gasteiger charge is -2.37. The van der Waals surface area contributed by atoms with Gasteiger partial charge in [-0.05, 0) is 42.9 Å². The van der Waals surface area contributed by atoms with Crippen LogP contribution in [-0.4, -0.2) is 35.1 Å². The third-order valence-corrected chi connectivity index (χ3v) is 6.16. The lowest BCUT2D eigenvalue weighted by molar-refractivity contribution is 0.140. The Morgan fingerprint density at radius 1 is 1.24 bits per heavy atom. The van der Waals surface area contributed by atoms with E-state index in [9.17, 15) is 14.0 Å². The number of nitriles is 1. The standard InChI is InChI=1S/C23H26F2N4/c1-15(2)16-7-8-19-20(14-26)22(29(21(19)11-16)17-5-3-6-17)23-27-9-4-10-28(23)18(12-24)13-25/h4,7-11,15,17-18,23H,3,5-6,12-13H2,1-2H3. The van der Waals surface area contributed by atoms with Gasteiger partial charge in [0.2, 0.25) is 0 Å². The van der Waals surface area contributed by atoms with Crippen molar-refractivity contribution in [1.82, 2.24) is 9.47 Å². The molecule has 1 aliphatic heterocycles. The van der Waals surface area contributed by atoms with Gasteiger partial charge in [-0.15, -0.1) is 0 Å². The molecule has 4 rings (SSSR count). The summed E-state index contributed by atoms with van der Waals surface area (Å²) in [6.07, 6.45) is 7.63. The molecule has 1 fully saturated rings. The average molecular weight is 396 g/mol. The number of hydrogen-bond acceptors (Lipinski definition) is 3. The number of fused-ring (bicyclic) bond motifs is 1. The number of rotatable bonds is 6. The Balaban J connectivity index is 1.96. The number of halogens is 2. The molecule has 0 N–H and O–H groups in total. The SMILES string of the molecule is CC(C)c1ccc2c(C#N)c(C3N=CC=CN3C(CF)CF)n(C3CCC3)c2c1. The Morgan fingerprint density at radius 2 is 2.00 bits per heavy atom. The predicted octanol–water partition coefficient (Wildman–Crippen LogP) is 5.57. The van der Waals surface area contributed by atoms with Gasteiger partial charge in [-0.2, -0.15) is 5.26 Å². The molecule has 1 saturated carbocycles. The summed E-state index contributed by atoms with van der Waals surface area (Å²) < 4.78 is 29.3. The molecule has 0 saturated heterocycles. The van der Waals surface area contributed by atoms with Gasteiger partial charge in [-0.1, -0.05) is 26.0 Å². The van der Waals surface area contributed by atoms with Crippen molar-refractivity contribution in [3.8, 4) is 6.07 Å². The highest BCUT2D eigenvalue weighted by Crippen LogP contribution is 2.43. The first kappa shape index (κ1) is 19.6. The maximum Gasteiger partial charge on any atom is 0.163 e. The van der Waals surface area contributed by atoms with Crippen molar-refractivity contribution in [1.29, 1.82) is 5.26 Å². The third kappa shape index (κ3) is 3.23. The van der Waals surface area contributed by atoms with Crippen LogP contribution >= 0.6 is 0 Å². The lowest BCUT2D eigenvalue weighted by atomic mass is 9.92. The first-order valence-corrected chi connectivity index (χ1v) is 10.3. The smallest absolute Gasteiger partial charge is 0.163 e. The van der Waals surface area contributed by atoms with E-state index in [0.717, 1.165) is 35.9 Å². The highest BCUT2D eigenvalue weighted by molar-refractivity contribution is 5.89. The zero-order valence-corrected chi connectivity index (χ0v) is 16.9. The van der Waals surface area contributed by atoms with Crippen LogP contribution in [0, 0.1) is 11.3 Å². The molecule has 2 aliphatic rings. The second kappa shape index (κ2) is 7.98. The van der Waals surface area contributed by atoms with Crippen LogP contribution in [0.15, 0.2) is 35.5 Å². The van der Waals surface area contributed by atoms with Crippen molar-refractivity contribution in [2.24, 2.45) is 4.99 Å². The zero-order chi connectivity index (χ0) is 20.5. The number of allylic oxidation sites excluding steroid dienone is 1. The topological polar surface area (TPSA) is 44.3 Å². The van der Waals surface area contributed by atoms with Crippen LogP contribution in [0.25, 0.3) is 10.9 Å². The Morgan fingerprint density at radius 3 is 2.59 bits per heavy atom. The van der Waals surface area contributed by atoms with Crippen molar-refractivity contribution in [3.05, 3.63) is 47.3 Å². The van der Waals surface area contributed by atoms with E-state index in [1.807, 2.05) is 6.07 Å². The zero-order valence-electron chi connectivity index (χ0n) is 16.9. The molecule has 1 atom stereocenters. The maximum atomic E-state index is 13.6. The van der Waals surface area contributed by atoms with Gasteiger partial charge in [0.1, 0.15) is 19.4 Å². The highest BCUT2D eigenvalue weighted by atomic mass is 19.1. The molecule has 0 amide bonds. The summed E-state index contributed by atoms with van der Waals surface area (Å²) in [6.45, 7) is 2.68. The third-order valence-electron chi connectivity index (χ3n) is 6.16. The minimum Gasteiger partial charge on any atom is -0.343 e. The van der Waals surface area contributed by atoms with Gasteiger partial charge >= 0.3 is 0 Å². The molecule has 0 radical (unpaired) electrons. The summed E-state index contributed by atoms with van der Waals surface area (Å²) in [5.74, 6) is 0.368. The molecule has 4 nitrogen and oxygen atoms in total. The Labute approximate surface area is 170 Å². The first-order valence-electron chi connectivity index (χ1n) is 10.3. The van der Waals surface area contributed by atoms with E-state index in [4.69, 9.17) is 0 Å². The van der Waals surface area contributed by atoms with Crippen molar-refractivity contribution in [3.63, 3.8) is 0 Å². The van der Waals surface area contributed by atoms with E-state index in [2.05, 4.69) is 41.6 Å². The Bertz CT molecular complexity index is 990. The molecule has 1 aromatic carbocycles. The van der Waals surface area contributed by atoms with Crippen LogP contribution in [0.1, 0.15) is 68.1 Å². The first-order chi connectivity index (χ1) is 14.1. The minimum absolute atomic E-state index is 0.286. The van der Waals surface area contributed by atoms with E-state index >= 15 is 0 Å². The van der Waals surface area contributed by atoms with E-state index in [0.29, 0.717) is 11.5 Å². The van der Waals surface area contributed by atoms with Gasteiger partial charge in [-0.25, -0.2) is 8.78 Å². The molecular formula is C23H26F2N4. The molecule has 29 heavy (non-hydrogen) atoms. The number of alkyl halides is 2. The van der Waals surface area contributed by atoms with Crippen LogP contribution in [0.2, 0.25) is 0 Å². The Hall–Kier alpha value is -2.68. The number of nitrogens with zero attached hydrogens (tertiary/aromatic N) is 4. The summed E-state index contributed by atoms with van der Waals surface area (Å²) in [5, 5.41) is 10.9. The minimum atomic E-state index is -0.917. The monoisotopic (exact) mass is 396 g/mol. The second-order valence-electron chi connectivity index (χ2n) is 8.18. The normalized spacial score (nSPS) is 19.3. The van der Waals surface area contributed by atoms with E-state index in [1.54, 1.807) is 23.4 Å². The summed E-state index contributed by atoms with van der Waals surface area (Å²) in [4.78, 5) is 6.19. The largest absolute Gasteiger partial charge is 0.343 e. The summed E-state index contributed by atoms with van der Waals surface area (Å²) in [6, 6.07) is 7.98. The second-order valence-corrected chi connectivity index (χ2v) is 8.18. The number of hydrogen-bond donors (Lipinski definition) is 0. The van der Waals surface area contributed by atoms with Gasteiger partial charge < -0.3 is 9.47 Å². The summed E-state index contributed by atoms with van der Waals surface area (Å²) >= 11 is 0. The molecule has 0 spiro atoms. The van der Waals surface area contributed by atoms with Gasteiger partial charge in [0.25, 0.3) is 0 Å². The van der Waals surface area contributed by atoms with E-state index in [-0.39, 0.29) is 6.04 Å². The molecule has 6 heteroatoms. The maximum absolute atomic E-state index is 13.6. The molecule has 152 valence electrons. The fourth-order valence-corrected chi connectivity index (χ4v) is 4.28. The van der Waals surface area contributed by atoms with Crippen LogP contribution in [0.3, 0.4) is 0 Å². The highest BCUT2D eigenvalue weighted by Gasteiger charge is 2.35. The van der Waals surface area contributed by atoms with Crippen LogP contribution in [0.4, 0.5) is 8.78 Å². The molecule has 1 unspecified atom stereocenters. The van der Waals surface area contributed by atoms with Gasteiger partial charge in [0, 0.05) is 23.8 Å². The predicted molar refractivity (Wildman–Crippen MR) is 112 cm³/mol. The fourth-order valence-electron chi connectivity index (χ4n) is 4.28. The summed E-state index contributed by atoms with van der Waals surface area (Å²) in [7, 11) is 0. The number of aromatic nitrogens is 1. The summed E-state index contributed by atoms with van der Waals surface area (Å²) in [5.41, 5.74) is 3.54. The van der Waals surface area contributed by atoms with Gasteiger partial charge in [0.05, 0.1) is 22.8 Å².